The molecule has 1 N–H and O–H groups in total. The third-order valence-corrected chi connectivity index (χ3v) is 5.36. The lowest BCUT2D eigenvalue weighted by atomic mass is 10.2. The van der Waals surface area contributed by atoms with E-state index in [1.807, 2.05) is 11.3 Å². The van der Waals surface area contributed by atoms with Gasteiger partial charge in [-0.15, -0.1) is 11.3 Å². The van der Waals surface area contributed by atoms with E-state index in [1.165, 1.54) is 41.0 Å². The first-order chi connectivity index (χ1) is 9.63. The Bertz CT molecular complexity index is 571. The molecule has 0 radical (unpaired) electrons. The van der Waals surface area contributed by atoms with E-state index in [2.05, 4.69) is 47.9 Å². The molecule has 4 heteroatoms. The highest BCUT2D eigenvalue weighted by atomic mass is 32.1. The average molecular weight is 289 g/mol. The van der Waals surface area contributed by atoms with Gasteiger partial charge >= 0.3 is 0 Å². The summed E-state index contributed by atoms with van der Waals surface area (Å²) in [7, 11) is 0. The molecule has 1 aliphatic carbocycles. The predicted octanol–water partition coefficient (Wildman–Crippen LogP) is 4.60. The van der Waals surface area contributed by atoms with E-state index < -0.39 is 0 Å². The third-order valence-electron chi connectivity index (χ3n) is 4.21. The average Bonchev–Trinajstić information content (AvgIpc) is 3.09. The molecule has 0 unspecified atom stereocenters. The van der Waals surface area contributed by atoms with Crippen LogP contribution in [0.3, 0.4) is 0 Å². The van der Waals surface area contributed by atoms with Gasteiger partial charge in [-0.1, -0.05) is 12.8 Å². The molecule has 2 aromatic heterocycles. The Morgan fingerprint density at radius 2 is 2.05 bits per heavy atom. The van der Waals surface area contributed by atoms with Gasteiger partial charge < -0.3 is 9.88 Å². The number of aryl methyl sites for hydroxylation is 3. The number of hydrogen-bond acceptors (Lipinski definition) is 3. The molecule has 3 nitrogen and oxygen atoms in total. The maximum Gasteiger partial charge on any atom is 0.203 e. The molecule has 108 valence electrons. The summed E-state index contributed by atoms with van der Waals surface area (Å²) in [6.07, 6.45) is 7.49. The van der Waals surface area contributed by atoms with Crippen LogP contribution in [0, 0.1) is 20.8 Å². The minimum atomic E-state index is 0.644. The van der Waals surface area contributed by atoms with E-state index in [-0.39, 0.29) is 0 Å². The number of nitrogens with zero attached hydrogens (tertiary/aromatic N) is 2. The van der Waals surface area contributed by atoms with E-state index in [0.29, 0.717) is 6.04 Å². The summed E-state index contributed by atoms with van der Waals surface area (Å²) in [6, 6.07) is 2.92. The van der Waals surface area contributed by atoms with Gasteiger partial charge in [-0.3, -0.25) is 0 Å². The number of nitrogens with one attached hydrogen (secondary N) is 1. The molecule has 0 bridgehead atoms. The van der Waals surface area contributed by atoms with E-state index in [1.54, 1.807) is 0 Å². The van der Waals surface area contributed by atoms with E-state index >= 15 is 0 Å². The largest absolute Gasteiger partial charge is 0.351 e. The smallest absolute Gasteiger partial charge is 0.203 e. The molecule has 0 spiro atoms. The van der Waals surface area contributed by atoms with Gasteiger partial charge in [0.1, 0.15) is 0 Å². The van der Waals surface area contributed by atoms with E-state index in [0.717, 1.165) is 18.2 Å². The molecule has 2 aromatic rings. The van der Waals surface area contributed by atoms with Gasteiger partial charge in [0.15, 0.2) is 0 Å². The van der Waals surface area contributed by atoms with Gasteiger partial charge in [-0.2, -0.15) is 0 Å². The minimum absolute atomic E-state index is 0.644. The van der Waals surface area contributed by atoms with Gasteiger partial charge in [0, 0.05) is 22.0 Å². The quantitative estimate of drug-likeness (QED) is 0.891. The molecule has 0 aliphatic heterocycles. The second-order valence-electron chi connectivity index (χ2n) is 5.86. The van der Waals surface area contributed by atoms with Gasteiger partial charge in [0.2, 0.25) is 5.95 Å². The first-order valence-electron chi connectivity index (χ1n) is 7.49. The highest BCUT2D eigenvalue weighted by molar-refractivity contribution is 7.12. The van der Waals surface area contributed by atoms with Crippen LogP contribution in [-0.4, -0.2) is 9.55 Å². The molecule has 2 heterocycles. The van der Waals surface area contributed by atoms with Crippen LogP contribution in [0.1, 0.15) is 52.7 Å². The second-order valence-corrected chi connectivity index (χ2v) is 7.20. The standard InChI is InChI=1S/C16H23N3S/c1-11-8-15(20-13(11)3)9-17-16-18-12(2)10-19(16)14-6-4-5-7-14/h8,10,14H,4-7,9H2,1-3H3,(H,17,18). The van der Waals surface area contributed by atoms with Crippen LogP contribution in [-0.2, 0) is 6.54 Å². The van der Waals surface area contributed by atoms with Gasteiger partial charge in [0.25, 0.3) is 0 Å². The van der Waals surface area contributed by atoms with Crippen molar-refractivity contribution >= 4 is 17.3 Å². The van der Waals surface area contributed by atoms with Crippen LogP contribution in [0.25, 0.3) is 0 Å². The Hall–Kier alpha value is -1.29. The number of thiophene rings is 1. The van der Waals surface area contributed by atoms with Crippen molar-refractivity contribution in [3.63, 3.8) is 0 Å². The summed E-state index contributed by atoms with van der Waals surface area (Å²) < 4.78 is 2.36. The summed E-state index contributed by atoms with van der Waals surface area (Å²) in [5.41, 5.74) is 2.50. The number of imidazole rings is 1. The fraction of sp³-hybridized carbons (Fsp3) is 0.562. The molecule has 1 saturated carbocycles. The number of aromatic nitrogens is 2. The summed E-state index contributed by atoms with van der Waals surface area (Å²) in [6.45, 7) is 7.32. The SMILES string of the molecule is Cc1cn(C2CCCC2)c(NCc2cc(C)c(C)s2)n1. The Morgan fingerprint density at radius 3 is 2.70 bits per heavy atom. The van der Waals surface area contributed by atoms with Crippen molar-refractivity contribution in [2.75, 3.05) is 5.32 Å². The fourth-order valence-electron chi connectivity index (χ4n) is 3.01. The van der Waals surface area contributed by atoms with Crippen molar-refractivity contribution in [2.24, 2.45) is 0 Å². The molecular formula is C16H23N3S. The second kappa shape index (κ2) is 5.60. The molecule has 20 heavy (non-hydrogen) atoms. The van der Waals surface area contributed by atoms with Crippen molar-refractivity contribution in [1.82, 2.24) is 9.55 Å². The molecule has 0 amide bonds. The van der Waals surface area contributed by atoms with E-state index in [4.69, 9.17) is 0 Å². The van der Waals surface area contributed by atoms with Crippen molar-refractivity contribution in [2.45, 2.75) is 59.0 Å². The lowest BCUT2D eigenvalue weighted by Crippen LogP contribution is -2.10. The summed E-state index contributed by atoms with van der Waals surface area (Å²) >= 11 is 1.88. The zero-order chi connectivity index (χ0) is 14.1. The van der Waals surface area contributed by atoms with Crippen LogP contribution < -0.4 is 5.32 Å². The van der Waals surface area contributed by atoms with Crippen molar-refractivity contribution < 1.29 is 0 Å². The van der Waals surface area contributed by atoms with E-state index in [9.17, 15) is 0 Å². The van der Waals surface area contributed by atoms with Crippen LogP contribution in [0.2, 0.25) is 0 Å². The lowest BCUT2D eigenvalue weighted by Gasteiger charge is -2.15. The van der Waals surface area contributed by atoms with Gasteiger partial charge in [0.05, 0.1) is 12.2 Å². The summed E-state index contributed by atoms with van der Waals surface area (Å²) in [5.74, 6) is 1.04. The normalized spacial score (nSPS) is 15.9. The van der Waals surface area contributed by atoms with Crippen molar-refractivity contribution in [3.05, 3.63) is 33.3 Å². The zero-order valence-corrected chi connectivity index (χ0v) is 13.4. The zero-order valence-electron chi connectivity index (χ0n) is 12.6. The summed E-state index contributed by atoms with van der Waals surface area (Å²) in [5, 5.41) is 3.53. The van der Waals surface area contributed by atoms with Crippen LogP contribution in [0.15, 0.2) is 12.3 Å². The minimum Gasteiger partial charge on any atom is -0.351 e. The molecule has 3 rings (SSSR count). The molecule has 1 aliphatic rings. The number of hydrogen-bond donors (Lipinski definition) is 1. The highest BCUT2D eigenvalue weighted by Gasteiger charge is 2.20. The lowest BCUT2D eigenvalue weighted by molar-refractivity contribution is 0.522. The molecule has 0 aromatic carbocycles. The first-order valence-corrected chi connectivity index (χ1v) is 8.30. The molecule has 1 fully saturated rings. The maximum absolute atomic E-state index is 4.66. The Kier molecular flexibility index (Phi) is 3.83. The first kappa shape index (κ1) is 13.7. The van der Waals surface area contributed by atoms with Crippen LogP contribution in [0.4, 0.5) is 5.95 Å². The monoisotopic (exact) mass is 289 g/mol. The van der Waals surface area contributed by atoms with Crippen LogP contribution >= 0.6 is 11.3 Å². The summed E-state index contributed by atoms with van der Waals surface area (Å²) in [4.78, 5) is 7.46. The Balaban J connectivity index is 1.73. The Morgan fingerprint density at radius 1 is 1.30 bits per heavy atom. The molecule has 0 saturated heterocycles. The molecule has 0 atom stereocenters. The van der Waals surface area contributed by atoms with Crippen molar-refractivity contribution in [3.8, 4) is 0 Å². The van der Waals surface area contributed by atoms with Crippen LogP contribution in [0.5, 0.6) is 0 Å². The molecular weight excluding hydrogens is 266 g/mol. The fourth-order valence-corrected chi connectivity index (χ4v) is 4.00. The van der Waals surface area contributed by atoms with Crippen molar-refractivity contribution in [1.29, 1.82) is 0 Å². The number of anilines is 1. The Labute approximate surface area is 125 Å². The maximum atomic E-state index is 4.66. The topological polar surface area (TPSA) is 29.9 Å². The highest BCUT2D eigenvalue weighted by Crippen LogP contribution is 2.32. The number of rotatable bonds is 4. The predicted molar refractivity (Wildman–Crippen MR) is 85.6 cm³/mol. The third kappa shape index (κ3) is 2.75. The van der Waals surface area contributed by atoms with Gasteiger partial charge in [-0.05, 0) is 45.2 Å². The van der Waals surface area contributed by atoms with Gasteiger partial charge in [-0.25, -0.2) is 4.98 Å².